The first-order chi connectivity index (χ1) is 6.66. The summed E-state index contributed by atoms with van der Waals surface area (Å²) in [5.41, 5.74) is 0.435. The van der Waals surface area contributed by atoms with Gasteiger partial charge >= 0.3 is 0 Å². The van der Waals surface area contributed by atoms with Crippen LogP contribution in [0, 0.1) is 0 Å². The zero-order valence-electron chi connectivity index (χ0n) is 8.36. The van der Waals surface area contributed by atoms with Crippen LogP contribution in [0.5, 0.6) is 5.75 Å². The molecule has 3 nitrogen and oxygen atoms in total. The predicted molar refractivity (Wildman–Crippen MR) is 53.6 cm³/mol. The van der Waals surface area contributed by atoms with Gasteiger partial charge in [-0.1, -0.05) is 12.1 Å². The molecule has 0 aromatic heterocycles. The minimum atomic E-state index is -0.989. The Morgan fingerprint density at radius 3 is 2.71 bits per heavy atom. The second-order valence-corrected chi connectivity index (χ2v) is 2.97. The van der Waals surface area contributed by atoms with E-state index < -0.39 is 6.10 Å². The molecule has 0 aliphatic carbocycles. The molecule has 1 atom stereocenters. The molecule has 14 heavy (non-hydrogen) atoms. The van der Waals surface area contributed by atoms with Crippen LogP contribution in [0.4, 0.5) is 0 Å². The molecule has 76 valence electrons. The van der Waals surface area contributed by atoms with Crippen molar-refractivity contribution < 1.29 is 14.6 Å². The lowest BCUT2D eigenvalue weighted by Gasteiger charge is -2.09. The number of carbonyl (C=O) groups is 1. The van der Waals surface area contributed by atoms with Crippen molar-refractivity contribution >= 4 is 5.78 Å². The second-order valence-electron chi connectivity index (χ2n) is 2.97. The Kier molecular flexibility index (Phi) is 3.65. The van der Waals surface area contributed by atoms with E-state index in [0.29, 0.717) is 17.9 Å². The highest BCUT2D eigenvalue weighted by Gasteiger charge is 2.16. The highest BCUT2D eigenvalue weighted by molar-refractivity contribution is 6.01. The fourth-order valence-electron chi connectivity index (χ4n) is 1.18. The van der Waals surface area contributed by atoms with Crippen LogP contribution < -0.4 is 4.74 Å². The summed E-state index contributed by atoms with van der Waals surface area (Å²) in [7, 11) is 0. The maximum absolute atomic E-state index is 11.5. The van der Waals surface area contributed by atoms with Gasteiger partial charge in [0.15, 0.2) is 5.78 Å². The molecule has 0 aliphatic heterocycles. The molecule has 0 aliphatic rings. The highest BCUT2D eigenvalue weighted by atomic mass is 16.5. The van der Waals surface area contributed by atoms with Crippen LogP contribution in [0.2, 0.25) is 0 Å². The van der Waals surface area contributed by atoms with E-state index in [9.17, 15) is 4.79 Å². The van der Waals surface area contributed by atoms with E-state index in [-0.39, 0.29) is 5.78 Å². The number of hydrogen-bond donors (Lipinski definition) is 1. The standard InChI is InChI=1S/C11H14O3/c1-3-14-10-7-5-4-6-9(10)11(13)8(2)12/h4-8,12H,3H2,1-2H3. The molecule has 1 aromatic rings. The molecule has 0 radical (unpaired) electrons. The Hall–Kier alpha value is -1.35. The van der Waals surface area contributed by atoms with E-state index in [4.69, 9.17) is 9.84 Å². The van der Waals surface area contributed by atoms with E-state index in [1.54, 1.807) is 24.3 Å². The fraction of sp³-hybridized carbons (Fsp3) is 0.364. The third-order valence-corrected chi connectivity index (χ3v) is 1.83. The number of aliphatic hydroxyl groups excluding tert-OH is 1. The number of aliphatic hydroxyl groups is 1. The molecular weight excluding hydrogens is 180 g/mol. The summed E-state index contributed by atoms with van der Waals surface area (Å²) >= 11 is 0. The number of Topliss-reactive ketones (excluding diaryl/α,β-unsaturated/α-hetero) is 1. The number of rotatable bonds is 4. The normalized spacial score (nSPS) is 12.2. The van der Waals surface area contributed by atoms with E-state index in [0.717, 1.165) is 0 Å². The van der Waals surface area contributed by atoms with Crippen LogP contribution in [0.15, 0.2) is 24.3 Å². The molecule has 0 saturated carbocycles. The molecule has 1 N–H and O–H groups in total. The monoisotopic (exact) mass is 194 g/mol. The summed E-state index contributed by atoms with van der Waals surface area (Å²) in [5, 5.41) is 9.16. The van der Waals surface area contributed by atoms with Crippen molar-refractivity contribution in [2.75, 3.05) is 6.61 Å². The van der Waals surface area contributed by atoms with Gasteiger partial charge in [-0.25, -0.2) is 0 Å². The van der Waals surface area contributed by atoms with Crippen molar-refractivity contribution in [3.05, 3.63) is 29.8 Å². The van der Waals surface area contributed by atoms with Gasteiger partial charge in [0, 0.05) is 0 Å². The number of carbonyl (C=O) groups excluding carboxylic acids is 1. The van der Waals surface area contributed by atoms with E-state index in [2.05, 4.69) is 0 Å². The molecule has 1 rings (SSSR count). The number of ether oxygens (including phenoxy) is 1. The summed E-state index contributed by atoms with van der Waals surface area (Å²) in [6.07, 6.45) is -0.989. The molecule has 0 amide bonds. The number of ketones is 1. The quantitative estimate of drug-likeness (QED) is 0.741. The largest absolute Gasteiger partial charge is 0.493 e. The lowest BCUT2D eigenvalue weighted by molar-refractivity contribution is 0.0775. The van der Waals surface area contributed by atoms with Crippen molar-refractivity contribution in [1.82, 2.24) is 0 Å². The van der Waals surface area contributed by atoms with Crippen LogP contribution >= 0.6 is 0 Å². The van der Waals surface area contributed by atoms with Crippen LogP contribution in [0.1, 0.15) is 24.2 Å². The number of para-hydroxylation sites is 1. The van der Waals surface area contributed by atoms with Gasteiger partial charge in [0.05, 0.1) is 12.2 Å². The molecule has 0 bridgehead atoms. The average Bonchev–Trinajstić information content (AvgIpc) is 2.18. The summed E-state index contributed by atoms with van der Waals surface area (Å²) in [4.78, 5) is 11.5. The van der Waals surface area contributed by atoms with E-state index in [1.807, 2.05) is 6.92 Å². The number of hydrogen-bond acceptors (Lipinski definition) is 3. The van der Waals surface area contributed by atoms with Crippen LogP contribution in [0.25, 0.3) is 0 Å². The Morgan fingerprint density at radius 2 is 2.14 bits per heavy atom. The van der Waals surface area contributed by atoms with Gasteiger partial charge in [0.25, 0.3) is 0 Å². The first-order valence-corrected chi connectivity index (χ1v) is 4.61. The van der Waals surface area contributed by atoms with Crippen molar-refractivity contribution in [3.8, 4) is 5.75 Å². The topological polar surface area (TPSA) is 46.5 Å². The van der Waals surface area contributed by atoms with Gasteiger partial charge in [-0.2, -0.15) is 0 Å². The lowest BCUT2D eigenvalue weighted by atomic mass is 10.1. The Morgan fingerprint density at radius 1 is 1.50 bits per heavy atom. The second kappa shape index (κ2) is 4.77. The molecule has 0 spiro atoms. The lowest BCUT2D eigenvalue weighted by Crippen LogP contribution is -2.17. The SMILES string of the molecule is CCOc1ccccc1C(=O)C(C)O. The van der Waals surface area contributed by atoms with Gasteiger partial charge in [-0.3, -0.25) is 4.79 Å². The van der Waals surface area contributed by atoms with Crippen LogP contribution in [0.3, 0.4) is 0 Å². The molecule has 1 aromatic carbocycles. The molecule has 0 fully saturated rings. The van der Waals surface area contributed by atoms with Gasteiger partial charge in [0.1, 0.15) is 11.9 Å². The summed E-state index contributed by atoms with van der Waals surface area (Å²) < 4.78 is 5.28. The van der Waals surface area contributed by atoms with Crippen molar-refractivity contribution in [1.29, 1.82) is 0 Å². The Balaban J connectivity index is 3.00. The Labute approximate surface area is 83.3 Å². The average molecular weight is 194 g/mol. The zero-order valence-corrected chi connectivity index (χ0v) is 8.36. The molecule has 1 unspecified atom stereocenters. The van der Waals surface area contributed by atoms with Crippen LogP contribution in [-0.2, 0) is 0 Å². The van der Waals surface area contributed by atoms with Gasteiger partial charge in [-0.15, -0.1) is 0 Å². The van der Waals surface area contributed by atoms with Gasteiger partial charge in [0.2, 0.25) is 0 Å². The van der Waals surface area contributed by atoms with Gasteiger partial charge < -0.3 is 9.84 Å². The van der Waals surface area contributed by atoms with Gasteiger partial charge in [-0.05, 0) is 26.0 Å². The number of benzene rings is 1. The third kappa shape index (κ3) is 2.33. The third-order valence-electron chi connectivity index (χ3n) is 1.83. The van der Waals surface area contributed by atoms with Crippen molar-refractivity contribution in [3.63, 3.8) is 0 Å². The first-order valence-electron chi connectivity index (χ1n) is 4.61. The highest BCUT2D eigenvalue weighted by Crippen LogP contribution is 2.19. The summed E-state index contributed by atoms with van der Waals surface area (Å²) in [5.74, 6) is 0.218. The maximum Gasteiger partial charge on any atom is 0.194 e. The first kappa shape index (κ1) is 10.7. The minimum absolute atomic E-state index is 0.311. The zero-order chi connectivity index (χ0) is 10.6. The minimum Gasteiger partial charge on any atom is -0.493 e. The molecule has 3 heteroatoms. The molecular formula is C11H14O3. The van der Waals surface area contributed by atoms with Crippen molar-refractivity contribution in [2.24, 2.45) is 0 Å². The van der Waals surface area contributed by atoms with E-state index >= 15 is 0 Å². The van der Waals surface area contributed by atoms with Crippen molar-refractivity contribution in [2.45, 2.75) is 20.0 Å². The Bertz CT molecular complexity index is 318. The predicted octanol–water partition coefficient (Wildman–Crippen LogP) is 1.65. The molecule has 0 saturated heterocycles. The summed E-state index contributed by atoms with van der Waals surface area (Å²) in [6, 6.07) is 6.92. The summed E-state index contributed by atoms with van der Waals surface area (Å²) in [6.45, 7) is 3.80. The van der Waals surface area contributed by atoms with Crippen LogP contribution in [-0.4, -0.2) is 23.6 Å². The molecule has 0 heterocycles. The van der Waals surface area contributed by atoms with E-state index in [1.165, 1.54) is 6.92 Å². The fourth-order valence-corrected chi connectivity index (χ4v) is 1.18. The smallest absolute Gasteiger partial charge is 0.194 e. The maximum atomic E-state index is 11.5.